The zero-order valence-corrected chi connectivity index (χ0v) is 7.57. The van der Waals surface area contributed by atoms with E-state index in [1.54, 1.807) is 0 Å². The van der Waals surface area contributed by atoms with Gasteiger partial charge < -0.3 is 0 Å². The summed E-state index contributed by atoms with van der Waals surface area (Å²) in [6.45, 7) is 0. The van der Waals surface area contributed by atoms with Crippen molar-refractivity contribution in [3.05, 3.63) is 0 Å². The Labute approximate surface area is 66.0 Å². The first kappa shape index (κ1) is 7.54. The first-order valence-corrected chi connectivity index (χ1v) is 6.99. The summed E-state index contributed by atoms with van der Waals surface area (Å²) in [6.07, 6.45) is 7.61. The molecule has 0 nitrogen and oxygen atoms in total. The molecule has 3 heteroatoms. The van der Waals surface area contributed by atoms with Crippen LogP contribution in [0.5, 0.6) is 0 Å². The molecule has 1 aliphatic heterocycles. The molecule has 1 saturated heterocycles. The van der Waals surface area contributed by atoms with E-state index in [2.05, 4.69) is 5.92 Å². The van der Waals surface area contributed by atoms with Gasteiger partial charge in [0.25, 0.3) is 0 Å². The van der Waals surface area contributed by atoms with Gasteiger partial charge in [0.2, 0.25) is 5.90 Å². The first-order chi connectivity index (χ1) is 4.33. The van der Waals surface area contributed by atoms with Crippen LogP contribution in [0.1, 0.15) is 6.42 Å². The number of hydrogen-bond donors (Lipinski definition) is 0. The standard InChI is InChI=1S/C6H8PS2/c1-2-6-3-4-7(8)9-5-6/h1,6H,3-5H2/q+1. The molecule has 0 N–H and O–H groups in total. The SMILES string of the molecule is C#CC1CC[P+](=S)SC1. The maximum absolute atomic E-state index is 5.26. The third-order valence-corrected chi connectivity index (χ3v) is 6.13. The summed E-state index contributed by atoms with van der Waals surface area (Å²) in [4.78, 5) is 0. The normalized spacial score (nSPS) is 31.4. The van der Waals surface area contributed by atoms with Crippen LogP contribution in [0.4, 0.5) is 0 Å². The Morgan fingerprint density at radius 2 is 2.56 bits per heavy atom. The first-order valence-electron chi connectivity index (χ1n) is 2.86. The molecule has 1 aliphatic rings. The minimum Gasteiger partial charge on any atom is -0.120 e. The highest BCUT2D eigenvalue weighted by atomic mass is 32.9. The van der Waals surface area contributed by atoms with Crippen molar-refractivity contribution in [2.75, 3.05) is 11.9 Å². The second-order valence-corrected chi connectivity index (χ2v) is 7.82. The van der Waals surface area contributed by atoms with Gasteiger partial charge in [0.1, 0.15) is 6.16 Å². The van der Waals surface area contributed by atoms with E-state index in [0.717, 1.165) is 5.75 Å². The van der Waals surface area contributed by atoms with E-state index >= 15 is 0 Å². The average molecular weight is 175 g/mol. The van der Waals surface area contributed by atoms with Crippen LogP contribution in [0.3, 0.4) is 0 Å². The Hall–Kier alpha value is 0.430. The van der Waals surface area contributed by atoms with Crippen LogP contribution in [0.2, 0.25) is 0 Å². The van der Waals surface area contributed by atoms with E-state index in [4.69, 9.17) is 18.2 Å². The molecule has 0 aromatic carbocycles. The molecule has 0 spiro atoms. The fraction of sp³-hybridized carbons (Fsp3) is 0.667. The van der Waals surface area contributed by atoms with Gasteiger partial charge in [-0.25, -0.2) is 0 Å². The van der Waals surface area contributed by atoms with Crippen molar-refractivity contribution >= 4 is 29.1 Å². The molecular formula is C6H8PS2+. The van der Waals surface area contributed by atoms with E-state index in [9.17, 15) is 0 Å². The molecule has 0 saturated carbocycles. The van der Waals surface area contributed by atoms with Crippen LogP contribution in [-0.4, -0.2) is 11.9 Å². The van der Waals surface area contributed by atoms with Crippen molar-refractivity contribution in [1.29, 1.82) is 0 Å². The molecule has 1 rings (SSSR count). The molecule has 0 aliphatic carbocycles. The van der Waals surface area contributed by atoms with Crippen LogP contribution >= 0.6 is 17.3 Å². The van der Waals surface area contributed by atoms with Gasteiger partial charge in [0, 0.05) is 12.3 Å². The summed E-state index contributed by atoms with van der Waals surface area (Å²) in [6, 6.07) is 0. The van der Waals surface area contributed by atoms with Gasteiger partial charge in [-0.2, -0.15) is 0 Å². The maximum atomic E-state index is 5.26. The van der Waals surface area contributed by atoms with Crippen LogP contribution in [-0.2, 0) is 11.8 Å². The second-order valence-electron chi connectivity index (χ2n) is 2.00. The van der Waals surface area contributed by atoms with Crippen LogP contribution in [0.25, 0.3) is 0 Å². The summed E-state index contributed by atoms with van der Waals surface area (Å²) < 4.78 is 0. The Balaban J connectivity index is 2.37. The summed E-state index contributed by atoms with van der Waals surface area (Å²) in [7, 11) is 0. The summed E-state index contributed by atoms with van der Waals surface area (Å²) in [5.41, 5.74) is 0. The van der Waals surface area contributed by atoms with Gasteiger partial charge in [-0.1, -0.05) is 0 Å². The minimum absolute atomic E-state index is 0.120. The van der Waals surface area contributed by atoms with Gasteiger partial charge in [-0.3, -0.25) is 0 Å². The molecule has 0 bridgehead atoms. The van der Waals surface area contributed by atoms with Gasteiger partial charge in [0.05, 0.1) is 17.1 Å². The lowest BCUT2D eigenvalue weighted by molar-refractivity contribution is 0.740. The number of hydrogen-bond acceptors (Lipinski definition) is 2. The summed E-state index contributed by atoms with van der Waals surface area (Å²) in [5.74, 6) is 4.26. The molecule has 0 amide bonds. The molecule has 1 heterocycles. The largest absolute Gasteiger partial charge is 0.245 e. The van der Waals surface area contributed by atoms with Gasteiger partial charge in [-0.05, 0) is 0 Å². The van der Waals surface area contributed by atoms with E-state index < -0.39 is 0 Å². The highest BCUT2D eigenvalue weighted by Gasteiger charge is 2.23. The van der Waals surface area contributed by atoms with Gasteiger partial charge in [0.15, 0.2) is 11.8 Å². The third-order valence-electron chi connectivity index (χ3n) is 1.32. The van der Waals surface area contributed by atoms with Crippen LogP contribution < -0.4 is 0 Å². The Kier molecular flexibility index (Phi) is 2.98. The van der Waals surface area contributed by atoms with Crippen molar-refractivity contribution in [1.82, 2.24) is 0 Å². The fourth-order valence-electron chi connectivity index (χ4n) is 0.714. The van der Waals surface area contributed by atoms with E-state index in [0.29, 0.717) is 5.92 Å². The average Bonchev–Trinajstić information content (AvgIpc) is 1.90. The molecule has 1 fully saturated rings. The molecule has 2 atom stereocenters. The number of rotatable bonds is 0. The lowest BCUT2D eigenvalue weighted by Gasteiger charge is -2.07. The summed E-state index contributed by atoms with van der Waals surface area (Å²) >= 11 is 7.04. The molecule has 0 aromatic heterocycles. The highest BCUT2D eigenvalue weighted by Crippen LogP contribution is 2.44. The Morgan fingerprint density at radius 1 is 1.78 bits per heavy atom. The zero-order valence-electron chi connectivity index (χ0n) is 5.04. The maximum Gasteiger partial charge on any atom is 0.245 e. The highest BCUT2D eigenvalue weighted by molar-refractivity contribution is 8.64. The van der Waals surface area contributed by atoms with Crippen molar-refractivity contribution in [3.8, 4) is 12.3 Å². The molecule has 48 valence electrons. The van der Waals surface area contributed by atoms with E-state index in [-0.39, 0.29) is 5.90 Å². The smallest absolute Gasteiger partial charge is 0.120 e. The molecule has 2 unspecified atom stereocenters. The van der Waals surface area contributed by atoms with Crippen molar-refractivity contribution in [2.45, 2.75) is 6.42 Å². The predicted octanol–water partition coefficient (Wildman–Crippen LogP) is 2.23. The molecule has 0 aromatic rings. The van der Waals surface area contributed by atoms with Crippen LogP contribution in [0, 0.1) is 18.3 Å². The molecule has 9 heavy (non-hydrogen) atoms. The summed E-state index contributed by atoms with van der Waals surface area (Å²) in [5, 5.41) is 0. The predicted molar refractivity (Wildman–Crippen MR) is 48.6 cm³/mol. The fourth-order valence-corrected chi connectivity index (χ4v) is 4.58. The second kappa shape index (κ2) is 3.56. The van der Waals surface area contributed by atoms with Crippen molar-refractivity contribution in [3.63, 3.8) is 0 Å². The Bertz CT molecular complexity index is 149. The monoisotopic (exact) mass is 175 g/mol. The Morgan fingerprint density at radius 3 is 3.00 bits per heavy atom. The zero-order chi connectivity index (χ0) is 6.69. The third kappa shape index (κ3) is 2.26. The lowest BCUT2D eigenvalue weighted by Crippen LogP contribution is -2.05. The van der Waals surface area contributed by atoms with E-state index in [1.165, 1.54) is 12.6 Å². The topological polar surface area (TPSA) is 0 Å². The molecule has 0 radical (unpaired) electrons. The minimum atomic E-state index is -0.120. The van der Waals surface area contributed by atoms with Crippen molar-refractivity contribution < 1.29 is 0 Å². The lowest BCUT2D eigenvalue weighted by atomic mass is 10.1. The van der Waals surface area contributed by atoms with Gasteiger partial charge in [-0.15, -0.1) is 12.3 Å². The quantitative estimate of drug-likeness (QED) is 0.409. The number of terminal acetylenes is 1. The van der Waals surface area contributed by atoms with Crippen LogP contribution in [0.15, 0.2) is 0 Å². The van der Waals surface area contributed by atoms with E-state index in [1.807, 2.05) is 11.4 Å². The van der Waals surface area contributed by atoms with Crippen molar-refractivity contribution in [2.24, 2.45) is 5.92 Å². The molecular weight excluding hydrogens is 167 g/mol. The van der Waals surface area contributed by atoms with Gasteiger partial charge >= 0.3 is 0 Å².